The molecule has 1 amide bonds. The molecule has 33 heavy (non-hydrogen) atoms. The summed E-state index contributed by atoms with van der Waals surface area (Å²) in [6, 6.07) is 16.4. The molecule has 2 N–H and O–H groups in total. The van der Waals surface area contributed by atoms with Gasteiger partial charge in [-0.2, -0.15) is 0 Å². The summed E-state index contributed by atoms with van der Waals surface area (Å²) >= 11 is 5.18. The number of anilines is 1. The summed E-state index contributed by atoms with van der Waals surface area (Å²) in [6.07, 6.45) is 3.74. The Balaban J connectivity index is 1.31. The van der Waals surface area contributed by atoms with Crippen molar-refractivity contribution in [2.75, 3.05) is 11.9 Å². The number of hydrogen-bond acceptors (Lipinski definition) is 6. The normalized spacial score (nSPS) is 14.1. The van der Waals surface area contributed by atoms with Gasteiger partial charge in [-0.1, -0.05) is 40.2 Å². The van der Waals surface area contributed by atoms with Crippen LogP contribution >= 0.6 is 27.3 Å². The molecule has 1 atom stereocenters. The number of nitrogens with zero attached hydrogens (tertiary/aromatic N) is 2. The number of nitrogens with one attached hydrogen (secondary N) is 2. The molecular formula is C25H23BrN4O2S. The quantitative estimate of drug-likeness (QED) is 0.299. The molecule has 0 bridgehead atoms. The van der Waals surface area contributed by atoms with Gasteiger partial charge in [0, 0.05) is 27.5 Å². The van der Waals surface area contributed by atoms with E-state index in [9.17, 15) is 4.79 Å². The van der Waals surface area contributed by atoms with Crippen LogP contribution in [0.3, 0.4) is 0 Å². The first-order valence-electron chi connectivity index (χ1n) is 10.8. The van der Waals surface area contributed by atoms with Crippen LogP contribution in [0.5, 0.6) is 5.75 Å². The number of carbonyl (C=O) groups is 1. The highest BCUT2D eigenvalue weighted by Crippen LogP contribution is 2.38. The van der Waals surface area contributed by atoms with Crippen LogP contribution in [0.1, 0.15) is 31.4 Å². The Hall–Kier alpha value is -2.97. The Bertz CT molecular complexity index is 1290. The second-order valence-corrected chi connectivity index (χ2v) is 9.90. The van der Waals surface area contributed by atoms with Gasteiger partial charge in [0.25, 0.3) is 5.91 Å². The minimum absolute atomic E-state index is 0.0191. The van der Waals surface area contributed by atoms with Gasteiger partial charge in [-0.15, -0.1) is 11.3 Å². The predicted molar refractivity (Wildman–Crippen MR) is 136 cm³/mol. The molecule has 0 aliphatic heterocycles. The minimum atomic E-state index is -0.0681. The number of benzene rings is 2. The Morgan fingerprint density at radius 2 is 2.03 bits per heavy atom. The van der Waals surface area contributed by atoms with Crippen LogP contribution in [0.25, 0.3) is 21.3 Å². The van der Waals surface area contributed by atoms with Crippen molar-refractivity contribution in [3.8, 4) is 16.9 Å². The van der Waals surface area contributed by atoms with E-state index in [4.69, 9.17) is 4.74 Å². The lowest BCUT2D eigenvalue weighted by atomic mass is 10.1. The van der Waals surface area contributed by atoms with Gasteiger partial charge in [-0.05, 0) is 55.2 Å². The Morgan fingerprint density at radius 3 is 2.79 bits per heavy atom. The van der Waals surface area contributed by atoms with E-state index in [1.807, 2.05) is 36.4 Å². The first-order valence-corrected chi connectivity index (χ1v) is 12.5. The highest BCUT2D eigenvalue weighted by atomic mass is 79.9. The van der Waals surface area contributed by atoms with Crippen molar-refractivity contribution in [2.24, 2.45) is 0 Å². The fraction of sp³-hybridized carbons (Fsp3) is 0.240. The SMILES string of the molecule is CC(Nc1ncnc2scc(-c3cccc(Br)c3)c12)c1ccc(OCC(=O)NC2CC2)cc1. The molecule has 4 aromatic rings. The summed E-state index contributed by atoms with van der Waals surface area (Å²) in [5, 5.41) is 9.62. The van der Waals surface area contributed by atoms with Gasteiger partial charge in [-0.25, -0.2) is 9.97 Å². The zero-order valence-corrected chi connectivity index (χ0v) is 20.4. The van der Waals surface area contributed by atoms with Crippen LogP contribution in [-0.4, -0.2) is 28.5 Å². The molecule has 2 aromatic carbocycles. The molecule has 2 heterocycles. The van der Waals surface area contributed by atoms with Crippen LogP contribution in [-0.2, 0) is 4.79 Å². The van der Waals surface area contributed by atoms with Crippen molar-refractivity contribution in [2.45, 2.75) is 31.8 Å². The molecule has 1 unspecified atom stereocenters. The molecular weight excluding hydrogens is 500 g/mol. The number of rotatable bonds is 8. The lowest BCUT2D eigenvalue weighted by Gasteiger charge is -2.17. The third-order valence-electron chi connectivity index (χ3n) is 5.55. The minimum Gasteiger partial charge on any atom is -0.484 e. The largest absolute Gasteiger partial charge is 0.484 e. The topological polar surface area (TPSA) is 76.1 Å². The summed E-state index contributed by atoms with van der Waals surface area (Å²) in [5.41, 5.74) is 3.32. The fourth-order valence-electron chi connectivity index (χ4n) is 3.64. The monoisotopic (exact) mass is 522 g/mol. The van der Waals surface area contributed by atoms with Crippen LogP contribution in [0.4, 0.5) is 5.82 Å². The highest BCUT2D eigenvalue weighted by Gasteiger charge is 2.23. The maximum absolute atomic E-state index is 11.8. The van der Waals surface area contributed by atoms with Crippen molar-refractivity contribution in [1.82, 2.24) is 15.3 Å². The van der Waals surface area contributed by atoms with Crippen LogP contribution in [0, 0.1) is 0 Å². The molecule has 2 aromatic heterocycles. The van der Waals surface area contributed by atoms with E-state index >= 15 is 0 Å². The van der Waals surface area contributed by atoms with E-state index in [0.717, 1.165) is 50.0 Å². The van der Waals surface area contributed by atoms with Crippen molar-refractivity contribution >= 4 is 49.2 Å². The van der Waals surface area contributed by atoms with E-state index in [0.29, 0.717) is 11.8 Å². The fourth-order valence-corrected chi connectivity index (χ4v) is 4.96. The zero-order valence-electron chi connectivity index (χ0n) is 18.0. The van der Waals surface area contributed by atoms with Crippen molar-refractivity contribution in [3.05, 3.63) is 70.3 Å². The van der Waals surface area contributed by atoms with Crippen LogP contribution < -0.4 is 15.4 Å². The zero-order chi connectivity index (χ0) is 22.8. The molecule has 1 aliphatic carbocycles. The van der Waals surface area contributed by atoms with E-state index in [-0.39, 0.29) is 18.6 Å². The smallest absolute Gasteiger partial charge is 0.258 e. The average Bonchev–Trinajstić information content (AvgIpc) is 3.52. The molecule has 0 spiro atoms. The second-order valence-electron chi connectivity index (χ2n) is 8.13. The molecule has 0 radical (unpaired) electrons. The summed E-state index contributed by atoms with van der Waals surface area (Å²) in [7, 11) is 0. The highest BCUT2D eigenvalue weighted by molar-refractivity contribution is 9.10. The number of ether oxygens (including phenoxy) is 1. The van der Waals surface area contributed by atoms with Gasteiger partial charge in [0.15, 0.2) is 6.61 Å². The first-order chi connectivity index (χ1) is 16.1. The predicted octanol–water partition coefficient (Wildman–Crippen LogP) is 5.95. The molecule has 5 rings (SSSR count). The standard InChI is InChI=1S/C25H23BrN4O2S/c1-15(16-5-9-20(10-6-16)32-12-22(31)30-19-7-8-19)29-24-23-21(13-33-25(23)28-14-27-24)17-3-2-4-18(26)11-17/h2-6,9-11,13-15,19H,7-8,12H2,1H3,(H,30,31)(H,27,28,29). The van der Waals surface area contributed by atoms with E-state index in [1.54, 1.807) is 17.7 Å². The summed E-state index contributed by atoms with van der Waals surface area (Å²) < 4.78 is 6.65. The van der Waals surface area contributed by atoms with Gasteiger partial charge < -0.3 is 15.4 Å². The molecule has 8 heteroatoms. The number of thiophene rings is 1. The molecule has 1 saturated carbocycles. The van der Waals surface area contributed by atoms with Gasteiger partial charge >= 0.3 is 0 Å². The number of aromatic nitrogens is 2. The average molecular weight is 523 g/mol. The molecule has 168 valence electrons. The van der Waals surface area contributed by atoms with Crippen molar-refractivity contribution in [1.29, 1.82) is 0 Å². The Labute approximate surface area is 204 Å². The number of amides is 1. The lowest BCUT2D eigenvalue weighted by Crippen LogP contribution is -2.30. The van der Waals surface area contributed by atoms with Gasteiger partial charge in [0.1, 0.15) is 22.7 Å². The Kier molecular flexibility index (Phi) is 6.28. The second kappa shape index (κ2) is 9.49. The van der Waals surface area contributed by atoms with E-state index < -0.39 is 0 Å². The molecule has 1 fully saturated rings. The summed E-state index contributed by atoms with van der Waals surface area (Å²) in [6.45, 7) is 2.14. The number of fused-ring (bicyclic) bond motifs is 1. The van der Waals surface area contributed by atoms with Crippen molar-refractivity contribution < 1.29 is 9.53 Å². The Morgan fingerprint density at radius 1 is 1.21 bits per heavy atom. The van der Waals surface area contributed by atoms with Gasteiger partial charge in [0.2, 0.25) is 0 Å². The van der Waals surface area contributed by atoms with Gasteiger partial charge in [-0.3, -0.25) is 4.79 Å². The summed E-state index contributed by atoms with van der Waals surface area (Å²) in [4.78, 5) is 21.8. The van der Waals surface area contributed by atoms with E-state index in [2.05, 4.69) is 61.0 Å². The maximum Gasteiger partial charge on any atom is 0.258 e. The number of hydrogen-bond donors (Lipinski definition) is 2. The molecule has 1 aliphatic rings. The molecule has 0 saturated heterocycles. The van der Waals surface area contributed by atoms with E-state index in [1.165, 1.54) is 0 Å². The summed E-state index contributed by atoms with van der Waals surface area (Å²) in [5.74, 6) is 1.42. The maximum atomic E-state index is 11.8. The lowest BCUT2D eigenvalue weighted by molar-refractivity contribution is -0.123. The third kappa shape index (κ3) is 5.17. The number of carbonyl (C=O) groups excluding carboxylic acids is 1. The third-order valence-corrected chi connectivity index (χ3v) is 6.93. The van der Waals surface area contributed by atoms with Crippen molar-refractivity contribution in [3.63, 3.8) is 0 Å². The van der Waals surface area contributed by atoms with Crippen LogP contribution in [0.2, 0.25) is 0 Å². The first kappa shape index (κ1) is 21.9. The molecule has 6 nitrogen and oxygen atoms in total. The number of halogens is 1. The van der Waals surface area contributed by atoms with Gasteiger partial charge in [0.05, 0.1) is 5.39 Å². The van der Waals surface area contributed by atoms with Crippen LogP contribution in [0.15, 0.2) is 64.7 Å².